The molecule has 0 saturated heterocycles. The second-order valence-electron chi connectivity index (χ2n) is 7.40. The monoisotopic (exact) mass is 470 g/mol. The standard InChI is InChI=1S/C22H20F2N6O2S/c1-13-14(2)28-30(15(13)3)22-9-8-21(26-27-22)25-18-4-6-19(7-5-18)29-33(31,32)20-11-16(23)10-17(24)12-20/h4-12,29H,1-3H3,(H,25,26). The Hall–Kier alpha value is -3.86. The van der Waals surface area contributed by atoms with Crippen LogP contribution in [0.1, 0.15) is 17.0 Å². The Labute approximate surface area is 189 Å². The maximum Gasteiger partial charge on any atom is 0.262 e. The smallest absolute Gasteiger partial charge is 0.262 e. The van der Waals surface area contributed by atoms with Crippen LogP contribution in [0.15, 0.2) is 59.5 Å². The quantitative estimate of drug-likeness (QED) is 0.433. The molecule has 2 heterocycles. The lowest BCUT2D eigenvalue weighted by Crippen LogP contribution is -2.13. The van der Waals surface area contributed by atoms with E-state index < -0.39 is 26.6 Å². The topological polar surface area (TPSA) is 102 Å². The van der Waals surface area contributed by atoms with Gasteiger partial charge < -0.3 is 5.32 Å². The van der Waals surface area contributed by atoms with E-state index >= 15 is 0 Å². The highest BCUT2D eigenvalue weighted by Gasteiger charge is 2.17. The number of nitrogens with zero attached hydrogens (tertiary/aromatic N) is 4. The first kappa shape index (κ1) is 22.3. The van der Waals surface area contributed by atoms with E-state index in [1.165, 1.54) is 12.1 Å². The zero-order chi connectivity index (χ0) is 23.8. The zero-order valence-electron chi connectivity index (χ0n) is 18.0. The van der Waals surface area contributed by atoms with Crippen LogP contribution in [-0.4, -0.2) is 28.4 Å². The van der Waals surface area contributed by atoms with Gasteiger partial charge in [0.15, 0.2) is 11.6 Å². The van der Waals surface area contributed by atoms with Crippen LogP contribution >= 0.6 is 0 Å². The summed E-state index contributed by atoms with van der Waals surface area (Å²) in [6, 6.07) is 11.9. The van der Waals surface area contributed by atoms with Gasteiger partial charge in [0, 0.05) is 23.1 Å². The van der Waals surface area contributed by atoms with E-state index in [9.17, 15) is 17.2 Å². The summed E-state index contributed by atoms with van der Waals surface area (Å²) in [6.45, 7) is 5.89. The van der Waals surface area contributed by atoms with Crippen LogP contribution in [0, 0.1) is 32.4 Å². The highest BCUT2D eigenvalue weighted by atomic mass is 32.2. The van der Waals surface area contributed by atoms with Gasteiger partial charge in [-0.1, -0.05) is 0 Å². The van der Waals surface area contributed by atoms with Gasteiger partial charge in [0.2, 0.25) is 0 Å². The highest BCUT2D eigenvalue weighted by Crippen LogP contribution is 2.22. The Morgan fingerprint density at radius 1 is 0.848 bits per heavy atom. The molecule has 0 radical (unpaired) electrons. The van der Waals surface area contributed by atoms with Crippen molar-refractivity contribution >= 4 is 27.2 Å². The molecule has 170 valence electrons. The number of aromatic nitrogens is 4. The summed E-state index contributed by atoms with van der Waals surface area (Å²) >= 11 is 0. The number of benzene rings is 2. The van der Waals surface area contributed by atoms with E-state index in [2.05, 4.69) is 25.3 Å². The second-order valence-corrected chi connectivity index (χ2v) is 9.08. The lowest BCUT2D eigenvalue weighted by atomic mass is 10.2. The van der Waals surface area contributed by atoms with Crippen molar-refractivity contribution in [2.75, 3.05) is 10.0 Å². The molecule has 0 fully saturated rings. The fourth-order valence-electron chi connectivity index (χ4n) is 3.12. The van der Waals surface area contributed by atoms with Crippen molar-refractivity contribution in [3.05, 3.63) is 83.2 Å². The lowest BCUT2D eigenvalue weighted by Gasteiger charge is -2.10. The number of anilines is 3. The summed E-state index contributed by atoms with van der Waals surface area (Å²) in [7, 11) is -4.15. The molecule has 2 N–H and O–H groups in total. The fraction of sp³-hybridized carbons (Fsp3) is 0.136. The summed E-state index contributed by atoms with van der Waals surface area (Å²) < 4.78 is 55.5. The Morgan fingerprint density at radius 2 is 1.48 bits per heavy atom. The summed E-state index contributed by atoms with van der Waals surface area (Å²) in [5, 5.41) is 15.9. The molecule has 4 aromatic rings. The van der Waals surface area contributed by atoms with Gasteiger partial charge >= 0.3 is 0 Å². The van der Waals surface area contributed by atoms with Crippen molar-refractivity contribution in [1.82, 2.24) is 20.0 Å². The van der Waals surface area contributed by atoms with Crippen LogP contribution in [-0.2, 0) is 10.0 Å². The molecule has 0 amide bonds. The van der Waals surface area contributed by atoms with Gasteiger partial charge in [-0.25, -0.2) is 21.9 Å². The average Bonchev–Trinajstić information content (AvgIpc) is 3.02. The van der Waals surface area contributed by atoms with E-state index in [0.29, 0.717) is 23.4 Å². The minimum atomic E-state index is -4.15. The Kier molecular flexibility index (Phi) is 5.81. The number of hydrogen-bond acceptors (Lipinski definition) is 6. The van der Waals surface area contributed by atoms with Crippen LogP contribution in [0.25, 0.3) is 5.82 Å². The molecule has 4 rings (SSSR count). The number of rotatable bonds is 6. The Balaban J connectivity index is 1.46. The normalized spacial score (nSPS) is 11.4. The van der Waals surface area contributed by atoms with Crippen molar-refractivity contribution < 1.29 is 17.2 Å². The highest BCUT2D eigenvalue weighted by molar-refractivity contribution is 7.92. The molecule has 2 aromatic carbocycles. The SMILES string of the molecule is Cc1nn(-c2ccc(Nc3ccc(NS(=O)(=O)c4cc(F)cc(F)c4)cc3)nn2)c(C)c1C. The van der Waals surface area contributed by atoms with Gasteiger partial charge in [-0.3, -0.25) is 4.72 Å². The van der Waals surface area contributed by atoms with E-state index in [1.54, 1.807) is 28.9 Å². The third kappa shape index (κ3) is 4.82. The molecule has 8 nitrogen and oxygen atoms in total. The molecule has 0 atom stereocenters. The molecule has 0 aliphatic heterocycles. The number of hydrogen-bond donors (Lipinski definition) is 2. The van der Waals surface area contributed by atoms with Gasteiger partial charge in [0.05, 0.1) is 10.6 Å². The summed E-state index contributed by atoms with van der Waals surface area (Å²) in [4.78, 5) is -0.504. The first-order valence-electron chi connectivity index (χ1n) is 9.85. The first-order chi connectivity index (χ1) is 15.6. The van der Waals surface area contributed by atoms with Crippen LogP contribution in [0.4, 0.5) is 26.0 Å². The minimum Gasteiger partial charge on any atom is -0.339 e. The molecule has 2 aromatic heterocycles. The maximum atomic E-state index is 13.4. The second kappa shape index (κ2) is 8.58. The third-order valence-corrected chi connectivity index (χ3v) is 6.44. The van der Waals surface area contributed by atoms with Gasteiger partial charge in [-0.15, -0.1) is 10.2 Å². The molecule has 0 bridgehead atoms. The van der Waals surface area contributed by atoms with E-state index in [4.69, 9.17) is 0 Å². The molecule has 0 aliphatic rings. The van der Waals surface area contributed by atoms with Gasteiger partial charge in [-0.05, 0) is 74.9 Å². The first-order valence-corrected chi connectivity index (χ1v) is 11.3. The molecule has 0 saturated carbocycles. The van der Waals surface area contributed by atoms with Gasteiger partial charge in [0.25, 0.3) is 10.0 Å². The summed E-state index contributed by atoms with van der Waals surface area (Å²) in [6.07, 6.45) is 0. The lowest BCUT2D eigenvalue weighted by molar-refractivity contribution is 0.568. The maximum absolute atomic E-state index is 13.4. The summed E-state index contributed by atoms with van der Waals surface area (Å²) in [5.41, 5.74) is 3.87. The van der Waals surface area contributed by atoms with Crippen molar-refractivity contribution in [3.8, 4) is 5.82 Å². The van der Waals surface area contributed by atoms with E-state index in [0.717, 1.165) is 29.1 Å². The van der Waals surface area contributed by atoms with E-state index in [-0.39, 0.29) is 5.69 Å². The Morgan fingerprint density at radius 3 is 2.03 bits per heavy atom. The number of sulfonamides is 1. The van der Waals surface area contributed by atoms with Crippen molar-refractivity contribution in [2.24, 2.45) is 0 Å². The van der Waals surface area contributed by atoms with Crippen LogP contribution < -0.4 is 10.0 Å². The van der Waals surface area contributed by atoms with E-state index in [1.807, 2.05) is 20.8 Å². The predicted molar refractivity (Wildman–Crippen MR) is 120 cm³/mol. The van der Waals surface area contributed by atoms with Crippen LogP contribution in [0.2, 0.25) is 0 Å². The molecule has 33 heavy (non-hydrogen) atoms. The predicted octanol–water partition coefficient (Wildman–Crippen LogP) is 4.41. The zero-order valence-corrected chi connectivity index (χ0v) is 18.8. The number of aryl methyl sites for hydroxylation is 1. The Bertz CT molecular complexity index is 1400. The molecular weight excluding hydrogens is 450 g/mol. The van der Waals surface area contributed by atoms with Gasteiger partial charge in [-0.2, -0.15) is 5.10 Å². The minimum absolute atomic E-state index is 0.228. The van der Waals surface area contributed by atoms with Crippen LogP contribution in [0.3, 0.4) is 0 Å². The molecule has 11 heteroatoms. The van der Waals surface area contributed by atoms with Crippen molar-refractivity contribution in [2.45, 2.75) is 25.7 Å². The number of halogens is 2. The molecular formula is C22H20F2N6O2S. The fourth-order valence-corrected chi connectivity index (χ4v) is 4.22. The molecule has 0 spiro atoms. The van der Waals surface area contributed by atoms with Crippen molar-refractivity contribution in [3.63, 3.8) is 0 Å². The molecule has 0 aliphatic carbocycles. The molecule has 0 unspecified atom stereocenters. The van der Waals surface area contributed by atoms with Crippen LogP contribution in [0.5, 0.6) is 0 Å². The summed E-state index contributed by atoms with van der Waals surface area (Å²) in [5.74, 6) is -0.876. The van der Waals surface area contributed by atoms with Crippen molar-refractivity contribution in [1.29, 1.82) is 0 Å². The largest absolute Gasteiger partial charge is 0.339 e. The number of nitrogens with one attached hydrogen (secondary N) is 2. The average molecular weight is 471 g/mol. The third-order valence-electron chi connectivity index (χ3n) is 5.08. The van der Waals surface area contributed by atoms with Gasteiger partial charge in [0.1, 0.15) is 11.6 Å².